The number of ether oxygens (including phenoxy) is 3. The molecule has 0 N–H and O–H groups in total. The minimum Gasteiger partial charge on any atom is -0.462 e. The van der Waals surface area contributed by atoms with E-state index < -0.39 is 6.10 Å². The summed E-state index contributed by atoms with van der Waals surface area (Å²) >= 11 is 0. The summed E-state index contributed by atoms with van der Waals surface area (Å²) in [5.74, 6) is -0.853. The summed E-state index contributed by atoms with van der Waals surface area (Å²) in [7, 11) is 0. The van der Waals surface area contributed by atoms with Crippen molar-refractivity contribution in [3.05, 3.63) is 36.5 Å². The molecule has 0 aliphatic carbocycles. The Bertz CT molecular complexity index is 1320. The van der Waals surface area contributed by atoms with Crippen LogP contribution < -0.4 is 0 Å². The van der Waals surface area contributed by atoms with Gasteiger partial charge in [0.25, 0.3) is 0 Å². The molecule has 464 valence electrons. The van der Waals surface area contributed by atoms with E-state index in [2.05, 4.69) is 57.2 Å². The third kappa shape index (κ3) is 66.3. The van der Waals surface area contributed by atoms with Crippen molar-refractivity contribution in [2.45, 2.75) is 399 Å². The predicted molar refractivity (Wildman–Crippen MR) is 344 cm³/mol. The maximum absolute atomic E-state index is 12.9. The van der Waals surface area contributed by atoms with E-state index in [1.807, 2.05) is 0 Å². The second-order valence-corrected chi connectivity index (χ2v) is 24.1. The van der Waals surface area contributed by atoms with Crippen molar-refractivity contribution in [1.82, 2.24) is 0 Å². The number of esters is 3. The van der Waals surface area contributed by atoms with E-state index >= 15 is 0 Å². The number of carbonyl (C=O) groups is 3. The molecule has 0 amide bonds. The van der Waals surface area contributed by atoms with Gasteiger partial charge >= 0.3 is 17.9 Å². The summed E-state index contributed by atoms with van der Waals surface area (Å²) in [5, 5.41) is 0. The van der Waals surface area contributed by atoms with Crippen molar-refractivity contribution in [1.29, 1.82) is 0 Å². The van der Waals surface area contributed by atoms with Gasteiger partial charge in [-0.1, -0.05) is 333 Å². The molecule has 0 radical (unpaired) electrons. The monoisotopic (exact) mass is 1110 g/mol. The molecule has 0 aliphatic heterocycles. The molecule has 0 aromatic carbocycles. The summed E-state index contributed by atoms with van der Waals surface area (Å²) < 4.78 is 16.9. The molecule has 0 spiro atoms. The molecule has 0 bridgehead atoms. The highest BCUT2D eigenvalue weighted by molar-refractivity contribution is 5.71. The van der Waals surface area contributed by atoms with E-state index in [-0.39, 0.29) is 31.1 Å². The molecule has 0 saturated heterocycles. The number of allylic oxidation sites excluding steroid dienone is 6. The number of hydrogen-bond acceptors (Lipinski definition) is 6. The van der Waals surface area contributed by atoms with Crippen LogP contribution in [-0.2, 0) is 28.6 Å². The van der Waals surface area contributed by atoms with Crippen LogP contribution in [0.3, 0.4) is 0 Å². The number of carbonyl (C=O) groups excluding carboxylic acids is 3. The highest BCUT2D eigenvalue weighted by Crippen LogP contribution is 2.18. The first-order chi connectivity index (χ1) is 39.0. The molecule has 0 saturated carbocycles. The smallest absolute Gasteiger partial charge is 0.306 e. The Morgan fingerprint density at radius 3 is 0.709 bits per heavy atom. The van der Waals surface area contributed by atoms with Crippen molar-refractivity contribution in [3.8, 4) is 0 Å². The van der Waals surface area contributed by atoms with Crippen LogP contribution in [0.2, 0.25) is 0 Å². The lowest BCUT2D eigenvalue weighted by atomic mass is 10.0. The van der Waals surface area contributed by atoms with Gasteiger partial charge in [0.05, 0.1) is 0 Å². The Labute approximate surface area is 493 Å². The topological polar surface area (TPSA) is 78.9 Å². The zero-order chi connectivity index (χ0) is 57.1. The van der Waals surface area contributed by atoms with Crippen molar-refractivity contribution in [2.75, 3.05) is 13.2 Å². The van der Waals surface area contributed by atoms with E-state index in [1.54, 1.807) is 0 Å². The van der Waals surface area contributed by atoms with Crippen molar-refractivity contribution < 1.29 is 28.6 Å². The summed E-state index contributed by atoms with van der Waals surface area (Å²) in [5.41, 5.74) is 0. The van der Waals surface area contributed by atoms with E-state index in [1.165, 1.54) is 283 Å². The Morgan fingerprint density at radius 1 is 0.253 bits per heavy atom. The van der Waals surface area contributed by atoms with Crippen LogP contribution in [0.4, 0.5) is 0 Å². The zero-order valence-corrected chi connectivity index (χ0v) is 53.4. The molecular formula is C73H136O6. The average Bonchev–Trinajstić information content (AvgIpc) is 3.45. The van der Waals surface area contributed by atoms with Gasteiger partial charge < -0.3 is 14.2 Å². The van der Waals surface area contributed by atoms with Crippen LogP contribution in [-0.4, -0.2) is 37.2 Å². The van der Waals surface area contributed by atoms with Crippen molar-refractivity contribution >= 4 is 17.9 Å². The molecule has 0 heterocycles. The molecule has 1 unspecified atom stereocenters. The maximum atomic E-state index is 12.9. The van der Waals surface area contributed by atoms with E-state index in [0.717, 1.165) is 70.6 Å². The average molecular weight is 1110 g/mol. The lowest BCUT2D eigenvalue weighted by Crippen LogP contribution is -2.30. The zero-order valence-electron chi connectivity index (χ0n) is 53.4. The van der Waals surface area contributed by atoms with Gasteiger partial charge in [-0.3, -0.25) is 14.4 Å². The summed E-state index contributed by atoms with van der Waals surface area (Å²) in [4.78, 5) is 38.2. The first-order valence-electron chi connectivity index (χ1n) is 35.5. The van der Waals surface area contributed by atoms with Gasteiger partial charge in [0.1, 0.15) is 13.2 Å². The highest BCUT2D eigenvalue weighted by atomic mass is 16.6. The Balaban J connectivity index is 4.00. The fraction of sp³-hybridized carbons (Fsp3) is 0.877. The first kappa shape index (κ1) is 76.6. The van der Waals surface area contributed by atoms with Gasteiger partial charge in [0.2, 0.25) is 0 Å². The van der Waals surface area contributed by atoms with Crippen LogP contribution in [0, 0.1) is 0 Å². The lowest BCUT2D eigenvalue weighted by Gasteiger charge is -2.18. The van der Waals surface area contributed by atoms with Gasteiger partial charge in [-0.15, -0.1) is 0 Å². The SMILES string of the molecule is CCCCCCC/C=C\C/C=C\CCCCCCCCCCCCCCCCCCCCCCCCCC(=O)OCC(COC(=O)CCCCCCCCCCCC)OC(=O)CCCCCCC/C=C\CCCCCCCCC. The van der Waals surface area contributed by atoms with Gasteiger partial charge in [0, 0.05) is 19.3 Å². The first-order valence-corrected chi connectivity index (χ1v) is 35.5. The standard InChI is InChI=1S/C73H136O6/c1-4-7-10-13-16-19-22-24-26-28-29-30-31-32-33-34-35-36-37-38-39-40-41-42-43-44-45-46-48-49-51-54-57-60-63-66-72(75)78-69-70(68-77-71(74)65-62-59-56-53-21-18-15-12-9-6-3)79-73(76)67-64-61-58-55-52-50-47-27-25-23-20-17-14-11-8-5-2/h22,24,27-29,47,70H,4-21,23,25-26,30-46,48-69H2,1-3H3/b24-22-,29-28-,47-27-. The van der Waals surface area contributed by atoms with Gasteiger partial charge in [-0.2, -0.15) is 0 Å². The van der Waals surface area contributed by atoms with Crippen molar-refractivity contribution in [2.24, 2.45) is 0 Å². The molecule has 0 aromatic rings. The molecule has 6 heteroatoms. The third-order valence-electron chi connectivity index (χ3n) is 16.1. The lowest BCUT2D eigenvalue weighted by molar-refractivity contribution is -0.167. The Kier molecular flexibility index (Phi) is 66.1. The van der Waals surface area contributed by atoms with Crippen LogP contribution in [0.5, 0.6) is 0 Å². The number of unbranched alkanes of at least 4 members (excludes halogenated alkanes) is 49. The molecule has 0 rings (SSSR count). The maximum Gasteiger partial charge on any atom is 0.306 e. The number of rotatable bonds is 66. The van der Waals surface area contributed by atoms with Crippen LogP contribution in [0.1, 0.15) is 393 Å². The Hall–Kier alpha value is -2.37. The minimum absolute atomic E-state index is 0.0693. The minimum atomic E-state index is -0.772. The molecule has 6 nitrogen and oxygen atoms in total. The van der Waals surface area contributed by atoms with Crippen LogP contribution in [0.25, 0.3) is 0 Å². The molecule has 0 fully saturated rings. The fourth-order valence-electron chi connectivity index (χ4n) is 10.8. The van der Waals surface area contributed by atoms with Crippen LogP contribution in [0.15, 0.2) is 36.5 Å². The fourth-order valence-corrected chi connectivity index (χ4v) is 10.8. The normalized spacial score (nSPS) is 12.2. The molecule has 0 aromatic heterocycles. The molecule has 0 aliphatic rings. The second-order valence-electron chi connectivity index (χ2n) is 24.1. The highest BCUT2D eigenvalue weighted by Gasteiger charge is 2.19. The van der Waals surface area contributed by atoms with Gasteiger partial charge in [-0.25, -0.2) is 0 Å². The predicted octanol–water partition coefficient (Wildman–Crippen LogP) is 24.3. The molecular weight excluding hydrogens is 973 g/mol. The van der Waals surface area contributed by atoms with E-state index in [4.69, 9.17) is 14.2 Å². The number of hydrogen-bond donors (Lipinski definition) is 0. The summed E-state index contributed by atoms with van der Waals surface area (Å²) in [6, 6.07) is 0. The second kappa shape index (κ2) is 68.1. The summed E-state index contributed by atoms with van der Waals surface area (Å²) in [6.07, 6.45) is 84.9. The third-order valence-corrected chi connectivity index (χ3v) is 16.1. The summed E-state index contributed by atoms with van der Waals surface area (Å²) in [6.45, 7) is 6.67. The van der Waals surface area contributed by atoms with Crippen molar-refractivity contribution in [3.63, 3.8) is 0 Å². The largest absolute Gasteiger partial charge is 0.462 e. The van der Waals surface area contributed by atoms with Crippen LogP contribution >= 0.6 is 0 Å². The van der Waals surface area contributed by atoms with Gasteiger partial charge in [-0.05, 0) is 77.0 Å². The quantitative estimate of drug-likeness (QED) is 0.0261. The molecule has 1 atom stereocenters. The Morgan fingerprint density at radius 2 is 0.456 bits per heavy atom. The van der Waals surface area contributed by atoms with Gasteiger partial charge in [0.15, 0.2) is 6.10 Å². The van der Waals surface area contributed by atoms with E-state index in [9.17, 15) is 14.4 Å². The molecule has 79 heavy (non-hydrogen) atoms. The van der Waals surface area contributed by atoms with E-state index in [0.29, 0.717) is 19.3 Å².